The second-order valence-corrected chi connectivity index (χ2v) is 3.95. The summed E-state index contributed by atoms with van der Waals surface area (Å²) in [5, 5.41) is 1.60. The van der Waals surface area contributed by atoms with Gasteiger partial charge in [0.25, 0.3) is 0 Å². The summed E-state index contributed by atoms with van der Waals surface area (Å²) in [5.74, 6) is 0.433. The molecular formula is C11H11ClN2. The fraction of sp³-hybridized carbons (Fsp3) is 0.273. The Labute approximate surface area is 88.0 Å². The Bertz CT molecular complexity index is 466. The van der Waals surface area contributed by atoms with E-state index in [0.717, 1.165) is 11.0 Å². The van der Waals surface area contributed by atoms with Gasteiger partial charge in [-0.3, -0.25) is 0 Å². The van der Waals surface area contributed by atoms with Crippen LogP contribution in [0.5, 0.6) is 0 Å². The summed E-state index contributed by atoms with van der Waals surface area (Å²) in [6, 6.07) is 5.86. The monoisotopic (exact) mass is 206 g/mol. The molecule has 0 fully saturated rings. The molecule has 0 spiro atoms. The summed E-state index contributed by atoms with van der Waals surface area (Å²) in [5.41, 5.74) is 1.93. The van der Waals surface area contributed by atoms with E-state index in [4.69, 9.17) is 11.6 Å². The van der Waals surface area contributed by atoms with E-state index in [9.17, 15) is 0 Å². The van der Waals surface area contributed by atoms with Gasteiger partial charge in [-0.25, -0.2) is 9.97 Å². The summed E-state index contributed by atoms with van der Waals surface area (Å²) in [4.78, 5) is 8.36. The zero-order chi connectivity index (χ0) is 10.1. The molecule has 0 unspecified atom stereocenters. The molecule has 2 aromatic rings. The minimum Gasteiger partial charge on any atom is -0.237 e. The van der Waals surface area contributed by atoms with Gasteiger partial charge in [0.05, 0.1) is 0 Å². The Hall–Kier alpha value is -1.15. The van der Waals surface area contributed by atoms with Crippen molar-refractivity contribution in [2.24, 2.45) is 0 Å². The number of hydrogen-bond acceptors (Lipinski definition) is 2. The molecule has 0 radical (unpaired) electrons. The summed E-state index contributed by atoms with van der Waals surface area (Å²) in [7, 11) is 0. The molecule has 2 nitrogen and oxygen atoms in total. The normalized spacial score (nSPS) is 11.1. The highest BCUT2D eigenvalue weighted by Gasteiger charge is 2.07. The van der Waals surface area contributed by atoms with Gasteiger partial charge in [-0.15, -0.1) is 0 Å². The maximum atomic E-state index is 5.92. The zero-order valence-electron chi connectivity index (χ0n) is 8.16. The Morgan fingerprint density at radius 3 is 2.86 bits per heavy atom. The lowest BCUT2D eigenvalue weighted by Crippen LogP contribution is -1.93. The highest BCUT2D eigenvalue weighted by atomic mass is 35.5. The first kappa shape index (κ1) is 9.41. The fourth-order valence-corrected chi connectivity index (χ4v) is 1.73. The molecule has 0 atom stereocenters. The van der Waals surface area contributed by atoms with E-state index >= 15 is 0 Å². The largest absolute Gasteiger partial charge is 0.237 e. The van der Waals surface area contributed by atoms with Crippen LogP contribution in [0, 0.1) is 0 Å². The first-order valence-corrected chi connectivity index (χ1v) is 4.97. The van der Waals surface area contributed by atoms with Crippen LogP contribution in [0.3, 0.4) is 0 Å². The Kier molecular flexibility index (Phi) is 2.38. The molecule has 0 N–H and O–H groups in total. The van der Waals surface area contributed by atoms with Gasteiger partial charge in [-0.05, 0) is 29.7 Å². The predicted octanol–water partition coefficient (Wildman–Crippen LogP) is 3.41. The lowest BCUT2D eigenvalue weighted by molar-refractivity contribution is 0.873. The van der Waals surface area contributed by atoms with Crippen molar-refractivity contribution in [3.63, 3.8) is 0 Å². The summed E-state index contributed by atoms with van der Waals surface area (Å²) in [6.45, 7) is 4.27. The number of pyridine rings is 2. The van der Waals surface area contributed by atoms with Crippen LogP contribution in [0.4, 0.5) is 0 Å². The highest BCUT2D eigenvalue weighted by Crippen LogP contribution is 2.25. The first-order valence-electron chi connectivity index (χ1n) is 4.59. The van der Waals surface area contributed by atoms with Crippen LogP contribution in [-0.2, 0) is 0 Å². The molecule has 0 amide bonds. The van der Waals surface area contributed by atoms with Crippen molar-refractivity contribution in [3.8, 4) is 0 Å². The third-order valence-electron chi connectivity index (χ3n) is 2.21. The highest BCUT2D eigenvalue weighted by molar-refractivity contribution is 6.29. The average Bonchev–Trinajstić information content (AvgIpc) is 2.16. The van der Waals surface area contributed by atoms with Crippen molar-refractivity contribution in [3.05, 3.63) is 35.1 Å². The Balaban J connectivity index is 2.80. The van der Waals surface area contributed by atoms with E-state index in [0.29, 0.717) is 11.1 Å². The summed E-state index contributed by atoms with van der Waals surface area (Å²) < 4.78 is 0. The summed E-state index contributed by atoms with van der Waals surface area (Å²) in [6.07, 6.45) is 1.73. The maximum absolute atomic E-state index is 5.92. The van der Waals surface area contributed by atoms with Gasteiger partial charge in [0.2, 0.25) is 0 Å². The van der Waals surface area contributed by atoms with Crippen molar-refractivity contribution in [2.75, 3.05) is 0 Å². The summed E-state index contributed by atoms with van der Waals surface area (Å²) >= 11 is 5.92. The van der Waals surface area contributed by atoms with Crippen LogP contribution < -0.4 is 0 Å². The standard InChI is InChI=1S/C11H11ClN2/c1-7(2)9-6-10(12)14-11-8(9)4-3-5-13-11/h3-7H,1-2H3. The molecule has 3 heteroatoms. The van der Waals surface area contributed by atoms with Crippen LogP contribution in [0.1, 0.15) is 25.3 Å². The van der Waals surface area contributed by atoms with Crippen LogP contribution >= 0.6 is 11.6 Å². The fourth-order valence-electron chi connectivity index (χ4n) is 1.53. The number of fused-ring (bicyclic) bond motifs is 1. The van der Waals surface area contributed by atoms with Crippen molar-refractivity contribution >= 4 is 22.6 Å². The van der Waals surface area contributed by atoms with Gasteiger partial charge >= 0.3 is 0 Å². The van der Waals surface area contributed by atoms with Gasteiger partial charge in [0.1, 0.15) is 5.15 Å². The van der Waals surface area contributed by atoms with Crippen molar-refractivity contribution in [1.82, 2.24) is 9.97 Å². The number of nitrogens with zero attached hydrogens (tertiary/aromatic N) is 2. The molecule has 0 bridgehead atoms. The lowest BCUT2D eigenvalue weighted by atomic mass is 10.0. The first-order chi connectivity index (χ1) is 6.68. The molecule has 0 aliphatic rings. The molecule has 2 aromatic heterocycles. The van der Waals surface area contributed by atoms with Gasteiger partial charge in [0.15, 0.2) is 5.65 Å². The van der Waals surface area contributed by atoms with Gasteiger partial charge in [0, 0.05) is 11.6 Å². The number of aromatic nitrogens is 2. The number of rotatable bonds is 1. The second kappa shape index (κ2) is 3.54. The molecule has 0 aliphatic carbocycles. The SMILES string of the molecule is CC(C)c1cc(Cl)nc2ncccc12. The maximum Gasteiger partial charge on any atom is 0.161 e. The van der Waals surface area contributed by atoms with Crippen LogP contribution in [0.2, 0.25) is 5.15 Å². The molecule has 14 heavy (non-hydrogen) atoms. The lowest BCUT2D eigenvalue weighted by Gasteiger charge is -2.08. The number of hydrogen-bond donors (Lipinski definition) is 0. The van der Waals surface area contributed by atoms with Gasteiger partial charge in [-0.1, -0.05) is 25.4 Å². The minimum atomic E-state index is 0.433. The molecule has 72 valence electrons. The van der Waals surface area contributed by atoms with Crippen molar-refractivity contribution in [2.45, 2.75) is 19.8 Å². The van der Waals surface area contributed by atoms with Crippen molar-refractivity contribution < 1.29 is 0 Å². The van der Waals surface area contributed by atoms with E-state index in [-0.39, 0.29) is 0 Å². The van der Waals surface area contributed by atoms with E-state index in [2.05, 4.69) is 23.8 Å². The van der Waals surface area contributed by atoms with Crippen LogP contribution in [0.25, 0.3) is 11.0 Å². The number of halogens is 1. The smallest absolute Gasteiger partial charge is 0.161 e. The van der Waals surface area contributed by atoms with E-state index in [1.807, 2.05) is 18.2 Å². The van der Waals surface area contributed by atoms with Crippen molar-refractivity contribution in [1.29, 1.82) is 0 Å². The van der Waals surface area contributed by atoms with Gasteiger partial charge in [-0.2, -0.15) is 0 Å². The second-order valence-electron chi connectivity index (χ2n) is 3.56. The molecule has 2 rings (SSSR count). The molecule has 0 aliphatic heterocycles. The zero-order valence-corrected chi connectivity index (χ0v) is 8.92. The minimum absolute atomic E-state index is 0.433. The van der Waals surface area contributed by atoms with E-state index < -0.39 is 0 Å². The van der Waals surface area contributed by atoms with Crippen LogP contribution in [0.15, 0.2) is 24.4 Å². The molecule has 0 saturated carbocycles. The topological polar surface area (TPSA) is 25.8 Å². The predicted molar refractivity (Wildman–Crippen MR) is 58.6 cm³/mol. The molecule has 0 saturated heterocycles. The Morgan fingerprint density at radius 2 is 2.14 bits per heavy atom. The Morgan fingerprint density at radius 1 is 1.36 bits per heavy atom. The third-order valence-corrected chi connectivity index (χ3v) is 2.40. The third kappa shape index (κ3) is 1.58. The quantitative estimate of drug-likeness (QED) is 0.669. The molecule has 0 aromatic carbocycles. The molecular weight excluding hydrogens is 196 g/mol. The van der Waals surface area contributed by atoms with Gasteiger partial charge < -0.3 is 0 Å². The van der Waals surface area contributed by atoms with Crippen LogP contribution in [-0.4, -0.2) is 9.97 Å². The molecule has 2 heterocycles. The average molecular weight is 207 g/mol. The van der Waals surface area contributed by atoms with E-state index in [1.54, 1.807) is 6.20 Å². The van der Waals surface area contributed by atoms with E-state index in [1.165, 1.54) is 5.56 Å².